The lowest BCUT2D eigenvalue weighted by atomic mass is 10.1. The second-order valence-corrected chi connectivity index (χ2v) is 5.35. The van der Waals surface area contributed by atoms with Gasteiger partial charge in [-0.2, -0.15) is 0 Å². The highest BCUT2D eigenvalue weighted by molar-refractivity contribution is 9.10. The molecule has 2 aromatic rings. The molecular weight excluding hydrogens is 362 g/mol. The number of anilines is 1. The first-order chi connectivity index (χ1) is 9.90. The Morgan fingerprint density at radius 3 is 2.52 bits per heavy atom. The Balaban J connectivity index is 2.41. The van der Waals surface area contributed by atoms with Gasteiger partial charge in [-0.25, -0.2) is 4.79 Å². The van der Waals surface area contributed by atoms with E-state index in [2.05, 4.69) is 21.2 Å². The van der Waals surface area contributed by atoms with Crippen molar-refractivity contribution in [3.05, 3.63) is 57.0 Å². The number of amides is 1. The molecule has 3 N–H and O–H groups in total. The Labute approximate surface area is 133 Å². The van der Waals surface area contributed by atoms with Crippen molar-refractivity contribution >= 4 is 45.1 Å². The minimum atomic E-state index is -1.17. The predicted octanol–water partition coefficient (Wildman–Crippen LogP) is 3.76. The smallest absolute Gasteiger partial charge is 0.337 e. The van der Waals surface area contributed by atoms with E-state index in [-0.39, 0.29) is 27.6 Å². The van der Waals surface area contributed by atoms with Crippen LogP contribution in [-0.4, -0.2) is 22.1 Å². The number of carbonyl (C=O) groups is 2. The van der Waals surface area contributed by atoms with Gasteiger partial charge in [0.25, 0.3) is 5.91 Å². The van der Waals surface area contributed by atoms with Crippen LogP contribution in [0, 0.1) is 0 Å². The van der Waals surface area contributed by atoms with Crippen molar-refractivity contribution in [2.75, 3.05) is 5.32 Å². The molecule has 2 rings (SSSR count). The van der Waals surface area contributed by atoms with Crippen LogP contribution >= 0.6 is 27.5 Å². The SMILES string of the molecule is O=C(Nc1c(Br)cccc1C(=O)O)c1cc(O)ccc1Cl. The molecule has 2 aromatic carbocycles. The van der Waals surface area contributed by atoms with Crippen LogP contribution in [0.1, 0.15) is 20.7 Å². The topological polar surface area (TPSA) is 86.6 Å². The van der Waals surface area contributed by atoms with E-state index in [1.165, 1.54) is 24.3 Å². The lowest BCUT2D eigenvalue weighted by Gasteiger charge is -2.11. The minimum absolute atomic E-state index is 0.0451. The van der Waals surface area contributed by atoms with Gasteiger partial charge in [-0.3, -0.25) is 4.79 Å². The second kappa shape index (κ2) is 6.15. The number of nitrogens with one attached hydrogen (secondary N) is 1. The standard InChI is InChI=1S/C14H9BrClNO4/c15-10-3-1-2-8(14(20)21)12(10)17-13(19)9-6-7(18)4-5-11(9)16/h1-6,18H,(H,17,19)(H,20,21). The molecular formula is C14H9BrClNO4. The van der Waals surface area contributed by atoms with Gasteiger partial charge >= 0.3 is 5.97 Å². The molecule has 0 atom stereocenters. The van der Waals surface area contributed by atoms with Crippen LogP contribution in [-0.2, 0) is 0 Å². The molecule has 0 aromatic heterocycles. The summed E-state index contributed by atoms with van der Waals surface area (Å²) in [6.45, 7) is 0. The Morgan fingerprint density at radius 2 is 1.86 bits per heavy atom. The molecule has 0 saturated carbocycles. The third kappa shape index (κ3) is 3.34. The summed E-state index contributed by atoms with van der Waals surface area (Å²) < 4.78 is 0.423. The molecule has 21 heavy (non-hydrogen) atoms. The van der Waals surface area contributed by atoms with Gasteiger partial charge in [0.05, 0.1) is 21.8 Å². The van der Waals surface area contributed by atoms with Crippen molar-refractivity contribution in [2.45, 2.75) is 0 Å². The number of aromatic carboxylic acids is 1. The van der Waals surface area contributed by atoms with Crippen LogP contribution in [0.2, 0.25) is 5.02 Å². The van der Waals surface area contributed by atoms with E-state index in [1.807, 2.05) is 0 Å². The molecule has 0 spiro atoms. The fourth-order valence-electron chi connectivity index (χ4n) is 1.70. The van der Waals surface area contributed by atoms with Crippen molar-refractivity contribution < 1.29 is 19.8 Å². The molecule has 108 valence electrons. The molecule has 0 aliphatic carbocycles. The molecule has 7 heteroatoms. The lowest BCUT2D eigenvalue weighted by molar-refractivity contribution is 0.0698. The van der Waals surface area contributed by atoms with Crippen LogP contribution in [0.4, 0.5) is 5.69 Å². The quantitative estimate of drug-likeness (QED) is 0.768. The number of carboxylic acids is 1. The fourth-order valence-corrected chi connectivity index (χ4v) is 2.37. The monoisotopic (exact) mass is 369 g/mol. The fraction of sp³-hybridized carbons (Fsp3) is 0. The highest BCUT2D eigenvalue weighted by atomic mass is 79.9. The van der Waals surface area contributed by atoms with E-state index in [4.69, 9.17) is 16.7 Å². The molecule has 0 saturated heterocycles. The van der Waals surface area contributed by atoms with Crippen LogP contribution in [0.15, 0.2) is 40.9 Å². The van der Waals surface area contributed by atoms with Crippen LogP contribution < -0.4 is 5.32 Å². The van der Waals surface area contributed by atoms with Crippen molar-refractivity contribution in [2.24, 2.45) is 0 Å². The number of carbonyl (C=O) groups excluding carboxylic acids is 1. The van der Waals surface area contributed by atoms with Gasteiger partial charge in [0.2, 0.25) is 0 Å². The summed E-state index contributed by atoms with van der Waals surface area (Å²) in [7, 11) is 0. The summed E-state index contributed by atoms with van der Waals surface area (Å²) in [5, 5.41) is 21.2. The van der Waals surface area contributed by atoms with Gasteiger partial charge in [-0.1, -0.05) is 17.7 Å². The first-order valence-corrected chi connectivity index (χ1v) is 6.89. The summed E-state index contributed by atoms with van der Waals surface area (Å²) in [5.41, 5.74) is 0.104. The van der Waals surface area contributed by atoms with Gasteiger partial charge in [0.1, 0.15) is 5.75 Å². The van der Waals surface area contributed by atoms with Gasteiger partial charge in [0.15, 0.2) is 0 Å². The molecule has 0 fully saturated rings. The Bertz CT molecular complexity index is 733. The zero-order chi connectivity index (χ0) is 15.6. The van der Waals surface area contributed by atoms with E-state index in [0.717, 1.165) is 0 Å². The number of halogens is 2. The molecule has 0 unspecified atom stereocenters. The van der Waals surface area contributed by atoms with Gasteiger partial charge in [-0.15, -0.1) is 0 Å². The second-order valence-electron chi connectivity index (χ2n) is 4.09. The summed E-state index contributed by atoms with van der Waals surface area (Å²) in [6, 6.07) is 8.45. The third-order valence-corrected chi connectivity index (χ3v) is 3.67. The van der Waals surface area contributed by atoms with E-state index < -0.39 is 11.9 Å². The molecule has 0 aliphatic heterocycles. The van der Waals surface area contributed by atoms with E-state index in [0.29, 0.717) is 4.47 Å². The summed E-state index contributed by atoms with van der Waals surface area (Å²) in [5.74, 6) is -1.91. The number of benzene rings is 2. The maximum atomic E-state index is 12.2. The first-order valence-electron chi connectivity index (χ1n) is 5.72. The van der Waals surface area contributed by atoms with Gasteiger partial charge in [-0.05, 0) is 46.3 Å². The number of aromatic hydroxyl groups is 1. The molecule has 0 aliphatic rings. The third-order valence-electron chi connectivity index (χ3n) is 2.68. The van der Waals surface area contributed by atoms with Crippen LogP contribution in [0.5, 0.6) is 5.75 Å². The number of rotatable bonds is 3. The zero-order valence-corrected chi connectivity index (χ0v) is 12.8. The van der Waals surface area contributed by atoms with E-state index in [9.17, 15) is 14.7 Å². The predicted molar refractivity (Wildman–Crippen MR) is 82.2 cm³/mol. The highest BCUT2D eigenvalue weighted by Gasteiger charge is 2.18. The average Bonchev–Trinajstić information content (AvgIpc) is 2.43. The number of phenolic OH excluding ortho intramolecular Hbond substituents is 1. The maximum Gasteiger partial charge on any atom is 0.337 e. The van der Waals surface area contributed by atoms with Crippen molar-refractivity contribution in [1.82, 2.24) is 0 Å². The Kier molecular flexibility index (Phi) is 4.50. The van der Waals surface area contributed by atoms with Crippen molar-refractivity contribution in [3.63, 3.8) is 0 Å². The highest BCUT2D eigenvalue weighted by Crippen LogP contribution is 2.28. The van der Waals surface area contributed by atoms with Gasteiger partial charge < -0.3 is 15.5 Å². The van der Waals surface area contributed by atoms with Crippen LogP contribution in [0.25, 0.3) is 0 Å². The molecule has 1 amide bonds. The first kappa shape index (κ1) is 15.3. The average molecular weight is 371 g/mol. The zero-order valence-electron chi connectivity index (χ0n) is 10.4. The van der Waals surface area contributed by atoms with Crippen molar-refractivity contribution in [3.8, 4) is 5.75 Å². The summed E-state index contributed by atoms with van der Waals surface area (Å²) in [4.78, 5) is 23.4. The number of carboxylic acid groups (broad SMARTS) is 1. The minimum Gasteiger partial charge on any atom is -0.508 e. The Hall–Kier alpha value is -2.05. The number of phenols is 1. The number of para-hydroxylation sites is 1. The maximum absolute atomic E-state index is 12.2. The van der Waals surface area contributed by atoms with E-state index >= 15 is 0 Å². The van der Waals surface area contributed by atoms with Crippen molar-refractivity contribution in [1.29, 1.82) is 0 Å². The lowest BCUT2D eigenvalue weighted by Crippen LogP contribution is -2.15. The molecule has 0 radical (unpaired) electrons. The summed E-state index contributed by atoms with van der Waals surface area (Å²) >= 11 is 9.09. The molecule has 0 heterocycles. The summed E-state index contributed by atoms with van der Waals surface area (Å²) in [6.07, 6.45) is 0. The van der Waals surface area contributed by atoms with Gasteiger partial charge in [0, 0.05) is 4.47 Å². The van der Waals surface area contributed by atoms with E-state index in [1.54, 1.807) is 12.1 Å². The number of hydrogen-bond acceptors (Lipinski definition) is 3. The Morgan fingerprint density at radius 1 is 1.14 bits per heavy atom. The largest absolute Gasteiger partial charge is 0.508 e. The molecule has 5 nitrogen and oxygen atoms in total. The van der Waals surface area contributed by atoms with Crippen LogP contribution in [0.3, 0.4) is 0 Å². The normalized spacial score (nSPS) is 10.2. The molecule has 0 bridgehead atoms. The number of hydrogen-bond donors (Lipinski definition) is 3.